The molecular formula is C61H38N2O. The van der Waals surface area contributed by atoms with Crippen LogP contribution >= 0.6 is 0 Å². The molecule has 0 saturated heterocycles. The maximum Gasteiger partial charge on any atom is 0.135 e. The lowest BCUT2D eigenvalue weighted by molar-refractivity contribution is 0.669. The number of nitrogens with zero attached hydrogens (tertiary/aromatic N) is 2. The average Bonchev–Trinajstić information content (AvgIpc) is 4.01. The molecule has 1 atom stereocenters. The van der Waals surface area contributed by atoms with E-state index >= 15 is 0 Å². The molecule has 3 heterocycles. The second-order valence-corrected chi connectivity index (χ2v) is 17.1. The monoisotopic (exact) mass is 814 g/mol. The summed E-state index contributed by atoms with van der Waals surface area (Å²) in [6.07, 6.45) is 0. The molecule has 2 aliphatic rings. The minimum Gasteiger partial charge on any atom is -0.456 e. The zero-order valence-electron chi connectivity index (χ0n) is 34.7. The molecule has 1 aliphatic heterocycles. The lowest BCUT2D eigenvalue weighted by Crippen LogP contribution is -2.33. The van der Waals surface area contributed by atoms with E-state index in [0.29, 0.717) is 0 Å². The predicted molar refractivity (Wildman–Crippen MR) is 264 cm³/mol. The molecule has 0 saturated carbocycles. The number of rotatable bonds is 5. The highest BCUT2D eigenvalue weighted by molar-refractivity contribution is 6.14. The third kappa shape index (κ3) is 4.70. The molecule has 2 aromatic heterocycles. The number of hydrogen-bond donors (Lipinski definition) is 0. The smallest absolute Gasteiger partial charge is 0.135 e. The Kier molecular flexibility index (Phi) is 7.32. The quantitative estimate of drug-likeness (QED) is 0.173. The van der Waals surface area contributed by atoms with Gasteiger partial charge in [0, 0.05) is 38.4 Å². The largest absolute Gasteiger partial charge is 0.456 e. The molecule has 1 aliphatic carbocycles. The van der Waals surface area contributed by atoms with Gasteiger partial charge in [-0.15, -0.1) is 0 Å². The normalized spacial score (nSPS) is 14.6. The summed E-state index contributed by atoms with van der Waals surface area (Å²) in [7, 11) is 0. The molecule has 0 bridgehead atoms. The first kappa shape index (κ1) is 35.2. The van der Waals surface area contributed by atoms with Crippen molar-refractivity contribution in [3.63, 3.8) is 0 Å². The van der Waals surface area contributed by atoms with Crippen LogP contribution in [0.3, 0.4) is 0 Å². The first-order chi connectivity index (χ1) is 31.8. The first-order valence-electron chi connectivity index (χ1n) is 22.1. The van der Waals surface area contributed by atoms with Crippen molar-refractivity contribution in [2.24, 2.45) is 0 Å². The molecule has 3 nitrogen and oxygen atoms in total. The summed E-state index contributed by atoms with van der Waals surface area (Å²) in [5.74, 6) is 0. The van der Waals surface area contributed by atoms with Crippen LogP contribution in [0.25, 0.3) is 82.8 Å². The summed E-state index contributed by atoms with van der Waals surface area (Å²) in [6, 6.07) is 84.7. The number of aromatic nitrogens is 1. The van der Waals surface area contributed by atoms with Gasteiger partial charge in [-0.3, -0.25) is 0 Å². The molecule has 0 radical (unpaired) electrons. The van der Waals surface area contributed by atoms with Crippen molar-refractivity contribution in [3.05, 3.63) is 253 Å². The summed E-state index contributed by atoms with van der Waals surface area (Å²) in [5.41, 5.74) is 20.6. The van der Waals surface area contributed by atoms with E-state index in [2.05, 4.69) is 234 Å². The van der Waals surface area contributed by atoms with Crippen LogP contribution in [-0.4, -0.2) is 4.57 Å². The number of fused-ring (bicyclic) bond motifs is 15. The molecule has 14 rings (SSSR count). The average molecular weight is 815 g/mol. The van der Waals surface area contributed by atoms with Crippen LogP contribution in [-0.2, 0) is 5.41 Å². The molecule has 12 aromatic rings. The Bertz CT molecular complexity index is 3860. The molecule has 64 heavy (non-hydrogen) atoms. The van der Waals surface area contributed by atoms with Gasteiger partial charge in [0.25, 0.3) is 0 Å². The lowest BCUT2D eigenvalue weighted by atomic mass is 9.65. The minimum atomic E-state index is -0.578. The number of anilines is 3. The van der Waals surface area contributed by atoms with Gasteiger partial charge >= 0.3 is 0 Å². The summed E-state index contributed by atoms with van der Waals surface area (Å²) in [4.78, 5) is 2.50. The van der Waals surface area contributed by atoms with Crippen molar-refractivity contribution in [2.45, 2.75) is 5.41 Å². The van der Waals surface area contributed by atoms with Crippen LogP contribution < -0.4 is 4.90 Å². The standard InChI is InChI=1S/C61H38N2O/c1-2-16-39(17-3-1)40-32-34-41(35-33-40)43-18-5-10-27-53(43)62(42-36-37-58-48(38-42)45-20-7-13-31-57(45)64-58)56-30-15-25-51-59(56)47-21-4-8-23-49(47)61(51)50-24-9-12-29-55(50)63-54-28-11-6-19-44(54)46-22-14-26-52(61)60(46)63/h1-38H. The van der Waals surface area contributed by atoms with E-state index < -0.39 is 5.41 Å². The predicted octanol–water partition coefficient (Wildman–Crippen LogP) is 16.2. The molecule has 3 heteroatoms. The zero-order valence-corrected chi connectivity index (χ0v) is 34.7. The zero-order chi connectivity index (χ0) is 41.9. The Morgan fingerprint density at radius 2 is 0.984 bits per heavy atom. The van der Waals surface area contributed by atoms with Crippen LogP contribution in [0.1, 0.15) is 22.3 Å². The van der Waals surface area contributed by atoms with Gasteiger partial charge in [-0.1, -0.05) is 182 Å². The number of furan rings is 1. The molecule has 0 fully saturated rings. The molecule has 0 amide bonds. The van der Waals surface area contributed by atoms with E-state index in [1.807, 2.05) is 6.07 Å². The number of benzene rings is 10. The highest BCUT2D eigenvalue weighted by Crippen LogP contribution is 2.63. The molecule has 1 spiro atoms. The summed E-state index contributed by atoms with van der Waals surface area (Å²) < 4.78 is 8.94. The Morgan fingerprint density at radius 3 is 1.88 bits per heavy atom. The van der Waals surface area contributed by atoms with Gasteiger partial charge in [0.15, 0.2) is 0 Å². The van der Waals surface area contributed by atoms with E-state index in [0.717, 1.165) is 50.1 Å². The van der Waals surface area contributed by atoms with Crippen LogP contribution in [0.4, 0.5) is 17.1 Å². The SMILES string of the molecule is c1ccc(-c2ccc(-c3ccccc3N(c3ccc4oc5ccccc5c4c3)c3cccc4c3-c3ccccc3C43c4ccccc4-n4c5ccccc5c5cccc3c54)cc2)cc1. The van der Waals surface area contributed by atoms with Crippen molar-refractivity contribution >= 4 is 60.8 Å². The maximum absolute atomic E-state index is 6.43. The topological polar surface area (TPSA) is 21.3 Å². The molecule has 298 valence electrons. The van der Waals surface area contributed by atoms with Crippen LogP contribution in [0.5, 0.6) is 0 Å². The van der Waals surface area contributed by atoms with Gasteiger partial charge < -0.3 is 13.9 Å². The van der Waals surface area contributed by atoms with E-state index in [9.17, 15) is 0 Å². The van der Waals surface area contributed by atoms with Crippen molar-refractivity contribution in [2.75, 3.05) is 4.90 Å². The summed E-state index contributed by atoms with van der Waals surface area (Å²) >= 11 is 0. The summed E-state index contributed by atoms with van der Waals surface area (Å²) in [5, 5.41) is 4.74. The second-order valence-electron chi connectivity index (χ2n) is 17.1. The Labute approximate surface area is 370 Å². The first-order valence-corrected chi connectivity index (χ1v) is 22.1. The Balaban J connectivity index is 1.07. The van der Waals surface area contributed by atoms with Gasteiger partial charge in [-0.25, -0.2) is 0 Å². The number of para-hydroxylation sites is 5. The third-order valence-corrected chi connectivity index (χ3v) is 14.0. The highest BCUT2D eigenvalue weighted by Gasteiger charge is 2.51. The fraction of sp³-hybridized carbons (Fsp3) is 0.0164. The fourth-order valence-electron chi connectivity index (χ4n) is 11.4. The number of hydrogen-bond acceptors (Lipinski definition) is 2. The van der Waals surface area contributed by atoms with E-state index in [1.165, 1.54) is 72.0 Å². The van der Waals surface area contributed by atoms with Gasteiger partial charge in [0.1, 0.15) is 11.2 Å². The summed E-state index contributed by atoms with van der Waals surface area (Å²) in [6.45, 7) is 0. The Morgan fingerprint density at radius 1 is 0.375 bits per heavy atom. The van der Waals surface area contributed by atoms with Crippen molar-refractivity contribution in [1.29, 1.82) is 0 Å². The molecule has 0 N–H and O–H groups in total. The van der Waals surface area contributed by atoms with Gasteiger partial charge in [0.05, 0.1) is 33.5 Å². The van der Waals surface area contributed by atoms with Gasteiger partial charge in [-0.2, -0.15) is 0 Å². The van der Waals surface area contributed by atoms with E-state index in [4.69, 9.17) is 4.42 Å². The van der Waals surface area contributed by atoms with Crippen LogP contribution in [0.15, 0.2) is 235 Å². The van der Waals surface area contributed by atoms with E-state index in [-0.39, 0.29) is 0 Å². The van der Waals surface area contributed by atoms with E-state index in [1.54, 1.807) is 0 Å². The van der Waals surface area contributed by atoms with Crippen LogP contribution in [0, 0.1) is 0 Å². The second kappa shape index (κ2) is 13.3. The minimum absolute atomic E-state index is 0.578. The molecular weight excluding hydrogens is 777 g/mol. The lowest BCUT2D eigenvalue weighted by Gasteiger charge is -2.39. The Hall–Kier alpha value is -8.40. The fourth-order valence-corrected chi connectivity index (χ4v) is 11.4. The van der Waals surface area contributed by atoms with Crippen molar-refractivity contribution < 1.29 is 4.42 Å². The van der Waals surface area contributed by atoms with Gasteiger partial charge in [-0.05, 0) is 93.0 Å². The van der Waals surface area contributed by atoms with Crippen molar-refractivity contribution in [3.8, 4) is 39.1 Å². The maximum atomic E-state index is 6.43. The third-order valence-electron chi connectivity index (χ3n) is 14.0. The highest BCUT2D eigenvalue weighted by atomic mass is 16.3. The van der Waals surface area contributed by atoms with Crippen molar-refractivity contribution in [1.82, 2.24) is 4.57 Å². The van der Waals surface area contributed by atoms with Crippen LogP contribution in [0.2, 0.25) is 0 Å². The molecule has 10 aromatic carbocycles. The van der Waals surface area contributed by atoms with Gasteiger partial charge in [0.2, 0.25) is 0 Å². The molecule has 1 unspecified atom stereocenters.